The lowest BCUT2D eigenvalue weighted by atomic mass is 9.99. The van der Waals surface area contributed by atoms with Crippen molar-refractivity contribution in [3.05, 3.63) is 20.8 Å². The van der Waals surface area contributed by atoms with Crippen molar-refractivity contribution in [1.82, 2.24) is 5.32 Å². The van der Waals surface area contributed by atoms with Gasteiger partial charge in [-0.25, -0.2) is 0 Å². The van der Waals surface area contributed by atoms with Gasteiger partial charge in [0.2, 0.25) is 0 Å². The van der Waals surface area contributed by atoms with Crippen LogP contribution in [0.1, 0.15) is 25.1 Å². The van der Waals surface area contributed by atoms with E-state index in [4.69, 9.17) is 0 Å². The fraction of sp³-hybridized carbons (Fsp3) is 0.636. The molecule has 80 valence electrons. The molecule has 0 aliphatic carbocycles. The highest BCUT2D eigenvalue weighted by Gasteiger charge is 2.11. The second kappa shape index (κ2) is 5.89. The van der Waals surface area contributed by atoms with E-state index in [1.807, 2.05) is 18.4 Å². The topological polar surface area (TPSA) is 12.0 Å². The molecule has 0 aliphatic heterocycles. The highest BCUT2D eigenvalue weighted by Crippen LogP contribution is 2.24. The molecular formula is C11H18BrNS. The summed E-state index contributed by atoms with van der Waals surface area (Å²) in [7, 11) is 2.05. The Morgan fingerprint density at radius 3 is 2.64 bits per heavy atom. The highest BCUT2D eigenvalue weighted by atomic mass is 79.9. The summed E-state index contributed by atoms with van der Waals surface area (Å²) in [6.07, 6.45) is 2.38. The molecular weight excluding hydrogens is 258 g/mol. The molecule has 0 fully saturated rings. The average molecular weight is 276 g/mol. The van der Waals surface area contributed by atoms with Crippen molar-refractivity contribution in [3.8, 4) is 0 Å². The Morgan fingerprint density at radius 1 is 1.50 bits per heavy atom. The van der Waals surface area contributed by atoms with E-state index in [9.17, 15) is 0 Å². The smallest absolute Gasteiger partial charge is 0.0314 e. The minimum atomic E-state index is 0.629. The Balaban J connectivity index is 2.43. The lowest BCUT2D eigenvalue weighted by Crippen LogP contribution is -2.30. The molecule has 1 unspecified atom stereocenters. The second-order valence-electron chi connectivity index (χ2n) is 3.87. The first kappa shape index (κ1) is 12.2. The van der Waals surface area contributed by atoms with Crippen molar-refractivity contribution in [2.24, 2.45) is 5.92 Å². The van der Waals surface area contributed by atoms with Gasteiger partial charge in [-0.2, -0.15) is 0 Å². The van der Waals surface area contributed by atoms with E-state index in [1.165, 1.54) is 22.2 Å². The van der Waals surface area contributed by atoms with Crippen LogP contribution in [0.5, 0.6) is 0 Å². The van der Waals surface area contributed by atoms with Crippen LogP contribution < -0.4 is 5.32 Å². The first-order chi connectivity index (χ1) is 6.65. The molecule has 1 N–H and O–H groups in total. The predicted molar refractivity (Wildman–Crippen MR) is 68.0 cm³/mol. The molecule has 0 aromatic carbocycles. The zero-order valence-corrected chi connectivity index (χ0v) is 11.4. The monoisotopic (exact) mass is 275 g/mol. The number of halogens is 1. The minimum absolute atomic E-state index is 0.629. The second-order valence-corrected chi connectivity index (χ2v) is 5.72. The Morgan fingerprint density at radius 2 is 2.21 bits per heavy atom. The number of aryl methyl sites for hydroxylation is 1. The number of hydrogen-bond donors (Lipinski definition) is 1. The van der Waals surface area contributed by atoms with Gasteiger partial charge in [0.15, 0.2) is 0 Å². The SMILES string of the molecule is CNC(CCc1sccc1Br)C(C)C. The number of nitrogens with one attached hydrogen (secondary N) is 1. The fourth-order valence-electron chi connectivity index (χ4n) is 1.60. The molecule has 1 atom stereocenters. The third-order valence-corrected chi connectivity index (χ3v) is 4.54. The normalized spacial score (nSPS) is 13.5. The van der Waals surface area contributed by atoms with Crippen molar-refractivity contribution in [3.63, 3.8) is 0 Å². The molecule has 0 spiro atoms. The maximum atomic E-state index is 3.57. The van der Waals surface area contributed by atoms with Crippen molar-refractivity contribution in [1.29, 1.82) is 0 Å². The highest BCUT2D eigenvalue weighted by molar-refractivity contribution is 9.10. The van der Waals surface area contributed by atoms with Crippen molar-refractivity contribution in [2.75, 3.05) is 7.05 Å². The molecule has 14 heavy (non-hydrogen) atoms. The summed E-state index contributed by atoms with van der Waals surface area (Å²) >= 11 is 5.40. The summed E-state index contributed by atoms with van der Waals surface area (Å²) in [5.41, 5.74) is 0. The van der Waals surface area contributed by atoms with Gasteiger partial charge in [-0.05, 0) is 53.2 Å². The number of hydrogen-bond acceptors (Lipinski definition) is 2. The molecule has 0 saturated heterocycles. The Labute approximate surface area is 99.0 Å². The van der Waals surface area contributed by atoms with E-state index in [2.05, 4.69) is 46.5 Å². The zero-order valence-electron chi connectivity index (χ0n) is 9.01. The van der Waals surface area contributed by atoms with E-state index in [1.54, 1.807) is 0 Å². The number of rotatable bonds is 5. The summed E-state index contributed by atoms with van der Waals surface area (Å²) in [4.78, 5) is 1.46. The van der Waals surface area contributed by atoms with E-state index in [0.29, 0.717) is 12.0 Å². The molecule has 0 radical (unpaired) electrons. The van der Waals surface area contributed by atoms with Crippen LogP contribution in [0.25, 0.3) is 0 Å². The Hall–Kier alpha value is 0.140. The Bertz CT molecular complexity index is 270. The Kier molecular flexibility index (Phi) is 5.13. The minimum Gasteiger partial charge on any atom is -0.317 e. The molecule has 1 heterocycles. The van der Waals surface area contributed by atoms with E-state index in [-0.39, 0.29) is 0 Å². The molecule has 0 bridgehead atoms. The van der Waals surface area contributed by atoms with E-state index < -0.39 is 0 Å². The van der Waals surface area contributed by atoms with Crippen LogP contribution in [-0.2, 0) is 6.42 Å². The maximum Gasteiger partial charge on any atom is 0.0314 e. The zero-order chi connectivity index (χ0) is 10.6. The third-order valence-electron chi connectivity index (χ3n) is 2.55. The summed E-state index contributed by atoms with van der Waals surface area (Å²) < 4.78 is 1.26. The van der Waals surface area contributed by atoms with Gasteiger partial charge in [-0.1, -0.05) is 13.8 Å². The quantitative estimate of drug-likeness (QED) is 0.865. The molecule has 0 amide bonds. The van der Waals surface area contributed by atoms with Crippen LogP contribution in [-0.4, -0.2) is 13.1 Å². The standard InChI is InChI=1S/C11H18BrNS/c1-8(2)10(13-3)4-5-11-9(12)6-7-14-11/h6-8,10,13H,4-5H2,1-3H3. The molecule has 1 aromatic rings. The van der Waals surface area contributed by atoms with Gasteiger partial charge in [0.05, 0.1) is 0 Å². The largest absolute Gasteiger partial charge is 0.317 e. The van der Waals surface area contributed by atoms with Gasteiger partial charge in [0.1, 0.15) is 0 Å². The molecule has 1 aromatic heterocycles. The van der Waals surface area contributed by atoms with Gasteiger partial charge in [-0.3, -0.25) is 0 Å². The van der Waals surface area contributed by atoms with Crippen molar-refractivity contribution < 1.29 is 0 Å². The van der Waals surface area contributed by atoms with Gasteiger partial charge < -0.3 is 5.32 Å². The van der Waals surface area contributed by atoms with Gasteiger partial charge >= 0.3 is 0 Å². The van der Waals surface area contributed by atoms with Crippen LogP contribution in [0.3, 0.4) is 0 Å². The molecule has 1 nitrogen and oxygen atoms in total. The average Bonchev–Trinajstić information content (AvgIpc) is 2.52. The third kappa shape index (κ3) is 3.37. The fourth-order valence-corrected chi connectivity index (χ4v) is 3.17. The van der Waals surface area contributed by atoms with Gasteiger partial charge in [0.25, 0.3) is 0 Å². The predicted octanol–water partition coefficient (Wildman–Crippen LogP) is 3.69. The molecule has 0 aliphatic rings. The maximum absolute atomic E-state index is 3.57. The summed E-state index contributed by atoms with van der Waals surface area (Å²) in [6, 6.07) is 2.76. The molecule has 0 saturated carbocycles. The first-order valence-electron chi connectivity index (χ1n) is 5.04. The summed E-state index contributed by atoms with van der Waals surface area (Å²) in [5, 5.41) is 5.51. The first-order valence-corrected chi connectivity index (χ1v) is 6.71. The summed E-state index contributed by atoms with van der Waals surface area (Å²) in [5.74, 6) is 0.707. The number of thiophene rings is 1. The van der Waals surface area contributed by atoms with Crippen LogP contribution in [0.15, 0.2) is 15.9 Å². The van der Waals surface area contributed by atoms with Crippen molar-refractivity contribution in [2.45, 2.75) is 32.7 Å². The summed E-state index contributed by atoms with van der Waals surface area (Å²) in [6.45, 7) is 4.54. The molecule has 3 heteroatoms. The van der Waals surface area contributed by atoms with Gasteiger partial charge in [0, 0.05) is 15.4 Å². The van der Waals surface area contributed by atoms with Crippen LogP contribution >= 0.6 is 27.3 Å². The molecule has 1 rings (SSSR count). The van der Waals surface area contributed by atoms with Crippen LogP contribution in [0.2, 0.25) is 0 Å². The van der Waals surface area contributed by atoms with E-state index >= 15 is 0 Å². The van der Waals surface area contributed by atoms with Crippen molar-refractivity contribution >= 4 is 27.3 Å². The van der Waals surface area contributed by atoms with E-state index in [0.717, 1.165) is 0 Å². The lowest BCUT2D eigenvalue weighted by molar-refractivity contribution is 0.403. The van der Waals surface area contributed by atoms with Crippen LogP contribution in [0.4, 0.5) is 0 Å². The lowest BCUT2D eigenvalue weighted by Gasteiger charge is -2.19. The van der Waals surface area contributed by atoms with Gasteiger partial charge in [-0.15, -0.1) is 11.3 Å². The van der Waals surface area contributed by atoms with Crippen LogP contribution in [0, 0.1) is 5.92 Å².